The van der Waals surface area contributed by atoms with E-state index in [-0.39, 0.29) is 18.6 Å². The van der Waals surface area contributed by atoms with Gasteiger partial charge in [-0.25, -0.2) is 4.79 Å². The lowest BCUT2D eigenvalue weighted by atomic mass is 10.1. The molecular weight excluding hydrogens is 334 g/mol. The third-order valence-electron chi connectivity index (χ3n) is 3.04. The van der Waals surface area contributed by atoms with Gasteiger partial charge in [0.1, 0.15) is 0 Å². The van der Waals surface area contributed by atoms with Crippen molar-refractivity contribution in [1.82, 2.24) is 5.32 Å². The summed E-state index contributed by atoms with van der Waals surface area (Å²) in [6.07, 6.45) is 2.94. The van der Waals surface area contributed by atoms with Gasteiger partial charge in [0.25, 0.3) is 5.91 Å². The SMILES string of the molecule is CC(C)[C@@H](C)NC(=O)COC(=O)/C=C/c1ccccc1Br. The van der Waals surface area contributed by atoms with Crippen LogP contribution in [0.1, 0.15) is 26.3 Å². The Kier molecular flexibility index (Phi) is 7.15. The number of halogens is 1. The largest absolute Gasteiger partial charge is 0.452 e. The van der Waals surface area contributed by atoms with Crippen LogP contribution in [0.15, 0.2) is 34.8 Å². The van der Waals surface area contributed by atoms with Gasteiger partial charge < -0.3 is 10.1 Å². The lowest BCUT2D eigenvalue weighted by Crippen LogP contribution is -2.38. The number of carbonyl (C=O) groups is 2. The highest BCUT2D eigenvalue weighted by molar-refractivity contribution is 9.10. The molecule has 0 aliphatic rings. The van der Waals surface area contributed by atoms with Gasteiger partial charge in [-0.15, -0.1) is 0 Å². The molecule has 0 unspecified atom stereocenters. The average Bonchev–Trinajstić information content (AvgIpc) is 2.44. The molecule has 21 heavy (non-hydrogen) atoms. The molecule has 0 saturated carbocycles. The summed E-state index contributed by atoms with van der Waals surface area (Å²) < 4.78 is 5.78. The van der Waals surface area contributed by atoms with Crippen molar-refractivity contribution in [3.63, 3.8) is 0 Å². The fraction of sp³-hybridized carbons (Fsp3) is 0.375. The molecule has 5 heteroatoms. The van der Waals surface area contributed by atoms with Crippen LogP contribution in [0.4, 0.5) is 0 Å². The molecule has 1 N–H and O–H groups in total. The Labute approximate surface area is 133 Å². The maximum absolute atomic E-state index is 11.6. The number of esters is 1. The maximum atomic E-state index is 11.6. The van der Waals surface area contributed by atoms with Crippen molar-refractivity contribution in [3.05, 3.63) is 40.4 Å². The second-order valence-corrected chi connectivity index (χ2v) is 5.92. The van der Waals surface area contributed by atoms with Crippen molar-refractivity contribution in [1.29, 1.82) is 0 Å². The Hall–Kier alpha value is -1.62. The number of rotatable bonds is 6. The van der Waals surface area contributed by atoms with Gasteiger partial charge in [-0.1, -0.05) is 48.0 Å². The Morgan fingerprint density at radius 3 is 2.57 bits per heavy atom. The monoisotopic (exact) mass is 353 g/mol. The first kappa shape index (κ1) is 17.4. The minimum atomic E-state index is -0.543. The molecule has 0 spiro atoms. The topological polar surface area (TPSA) is 55.4 Å². The van der Waals surface area contributed by atoms with E-state index in [1.54, 1.807) is 6.08 Å². The molecule has 1 amide bonds. The molecule has 1 atom stereocenters. The van der Waals surface area contributed by atoms with Crippen molar-refractivity contribution in [2.24, 2.45) is 5.92 Å². The van der Waals surface area contributed by atoms with Gasteiger partial charge in [-0.2, -0.15) is 0 Å². The molecule has 0 fully saturated rings. The Bertz CT molecular complexity index is 526. The van der Waals surface area contributed by atoms with E-state index in [2.05, 4.69) is 21.2 Å². The summed E-state index contributed by atoms with van der Waals surface area (Å²) in [6.45, 7) is 5.67. The molecule has 0 radical (unpaired) electrons. The third kappa shape index (κ3) is 6.58. The highest BCUT2D eigenvalue weighted by Gasteiger charge is 2.11. The summed E-state index contributed by atoms with van der Waals surface area (Å²) in [7, 11) is 0. The standard InChI is InChI=1S/C16H20BrNO3/c1-11(2)12(3)18-15(19)10-21-16(20)9-8-13-6-4-5-7-14(13)17/h4-9,11-12H,10H2,1-3H3,(H,18,19)/b9-8+/t12-/m1/s1. The average molecular weight is 354 g/mol. The third-order valence-corrected chi connectivity index (χ3v) is 3.76. The van der Waals surface area contributed by atoms with E-state index in [1.807, 2.05) is 45.0 Å². The number of amides is 1. The number of nitrogens with one attached hydrogen (secondary N) is 1. The molecule has 0 aliphatic carbocycles. The van der Waals surface area contributed by atoms with Gasteiger partial charge >= 0.3 is 5.97 Å². The molecule has 114 valence electrons. The van der Waals surface area contributed by atoms with Crippen LogP contribution in [0.3, 0.4) is 0 Å². The van der Waals surface area contributed by atoms with E-state index in [1.165, 1.54) is 6.08 Å². The van der Waals surface area contributed by atoms with Crippen LogP contribution >= 0.6 is 15.9 Å². The predicted molar refractivity (Wildman–Crippen MR) is 86.6 cm³/mol. The summed E-state index contributed by atoms with van der Waals surface area (Å²) in [5.41, 5.74) is 0.868. The molecule has 0 aromatic heterocycles. The maximum Gasteiger partial charge on any atom is 0.331 e. The van der Waals surface area contributed by atoms with Crippen LogP contribution in [0.5, 0.6) is 0 Å². The van der Waals surface area contributed by atoms with Gasteiger partial charge in [0.2, 0.25) is 0 Å². The fourth-order valence-electron chi connectivity index (χ4n) is 1.42. The second-order valence-electron chi connectivity index (χ2n) is 5.06. The van der Waals surface area contributed by atoms with Gasteiger partial charge in [0, 0.05) is 16.6 Å². The molecule has 0 heterocycles. The van der Waals surface area contributed by atoms with E-state index in [0.29, 0.717) is 5.92 Å². The van der Waals surface area contributed by atoms with E-state index < -0.39 is 5.97 Å². The van der Waals surface area contributed by atoms with Crippen molar-refractivity contribution >= 4 is 33.9 Å². The van der Waals surface area contributed by atoms with Crippen LogP contribution in [-0.4, -0.2) is 24.5 Å². The van der Waals surface area contributed by atoms with E-state index in [0.717, 1.165) is 10.0 Å². The zero-order valence-corrected chi connectivity index (χ0v) is 14.0. The smallest absolute Gasteiger partial charge is 0.331 e. The molecule has 1 aromatic rings. The fourth-order valence-corrected chi connectivity index (χ4v) is 1.83. The lowest BCUT2D eigenvalue weighted by Gasteiger charge is -2.16. The molecular formula is C16H20BrNO3. The highest BCUT2D eigenvalue weighted by atomic mass is 79.9. The van der Waals surface area contributed by atoms with Crippen molar-refractivity contribution < 1.29 is 14.3 Å². The molecule has 0 saturated heterocycles. The molecule has 1 aromatic carbocycles. The van der Waals surface area contributed by atoms with Gasteiger partial charge in [0.15, 0.2) is 6.61 Å². The number of carbonyl (C=O) groups excluding carboxylic acids is 2. The van der Waals surface area contributed by atoms with E-state index in [9.17, 15) is 9.59 Å². The molecule has 4 nitrogen and oxygen atoms in total. The van der Waals surface area contributed by atoms with Crippen LogP contribution in [0.25, 0.3) is 6.08 Å². The first-order chi connectivity index (χ1) is 9.90. The second kappa shape index (κ2) is 8.62. The minimum Gasteiger partial charge on any atom is -0.452 e. The molecule has 0 aliphatic heterocycles. The van der Waals surface area contributed by atoms with Gasteiger partial charge in [-0.3, -0.25) is 4.79 Å². The molecule has 1 rings (SSSR count). The number of ether oxygens (including phenoxy) is 1. The Balaban J connectivity index is 2.41. The Morgan fingerprint density at radius 2 is 1.95 bits per heavy atom. The number of hydrogen-bond donors (Lipinski definition) is 1. The van der Waals surface area contributed by atoms with Crippen LogP contribution in [0, 0.1) is 5.92 Å². The zero-order chi connectivity index (χ0) is 15.8. The summed E-state index contributed by atoms with van der Waals surface area (Å²) in [6, 6.07) is 7.56. The van der Waals surface area contributed by atoms with Gasteiger partial charge in [0.05, 0.1) is 0 Å². The summed E-state index contributed by atoms with van der Waals surface area (Å²) in [5, 5.41) is 2.77. The van der Waals surface area contributed by atoms with Crippen molar-refractivity contribution in [3.8, 4) is 0 Å². The summed E-state index contributed by atoms with van der Waals surface area (Å²) in [5.74, 6) is -0.503. The summed E-state index contributed by atoms with van der Waals surface area (Å²) >= 11 is 3.38. The summed E-state index contributed by atoms with van der Waals surface area (Å²) in [4.78, 5) is 23.1. The molecule has 0 bridgehead atoms. The predicted octanol–water partition coefficient (Wildman–Crippen LogP) is 3.17. The highest BCUT2D eigenvalue weighted by Crippen LogP contribution is 2.17. The van der Waals surface area contributed by atoms with Gasteiger partial charge in [-0.05, 0) is 30.5 Å². The van der Waals surface area contributed by atoms with Crippen molar-refractivity contribution in [2.75, 3.05) is 6.61 Å². The van der Waals surface area contributed by atoms with Crippen molar-refractivity contribution in [2.45, 2.75) is 26.8 Å². The number of hydrogen-bond acceptors (Lipinski definition) is 3. The van der Waals surface area contributed by atoms with Crippen LogP contribution < -0.4 is 5.32 Å². The lowest BCUT2D eigenvalue weighted by molar-refractivity contribution is -0.144. The minimum absolute atomic E-state index is 0.0482. The number of benzene rings is 1. The first-order valence-corrected chi connectivity index (χ1v) is 7.58. The quantitative estimate of drug-likeness (QED) is 0.631. The van der Waals surface area contributed by atoms with E-state index >= 15 is 0 Å². The first-order valence-electron chi connectivity index (χ1n) is 6.79. The zero-order valence-electron chi connectivity index (χ0n) is 12.4. The van der Waals surface area contributed by atoms with Crippen LogP contribution in [-0.2, 0) is 14.3 Å². The van der Waals surface area contributed by atoms with E-state index in [4.69, 9.17) is 4.74 Å². The normalized spacial score (nSPS) is 12.4. The van der Waals surface area contributed by atoms with Crippen LogP contribution in [0.2, 0.25) is 0 Å². The Morgan fingerprint density at radius 1 is 1.29 bits per heavy atom.